The summed E-state index contributed by atoms with van der Waals surface area (Å²) in [4.78, 5) is 11.2. The van der Waals surface area contributed by atoms with E-state index in [1.54, 1.807) is 0 Å². The Hall–Kier alpha value is -0.0900. The molecule has 1 saturated heterocycles. The lowest BCUT2D eigenvalue weighted by Crippen LogP contribution is -2.47. The van der Waals surface area contributed by atoms with Gasteiger partial charge in [-0.15, -0.1) is 0 Å². The van der Waals surface area contributed by atoms with E-state index < -0.39 is 0 Å². The predicted octanol–water partition coefficient (Wildman–Crippen LogP) is 0.923. The van der Waals surface area contributed by atoms with Crippen LogP contribution in [-0.4, -0.2) is 30.0 Å². The summed E-state index contributed by atoms with van der Waals surface area (Å²) in [6.07, 6.45) is 0. The Morgan fingerprint density at radius 2 is 2.25 bits per heavy atom. The molecule has 70 valence electrons. The van der Waals surface area contributed by atoms with Crippen LogP contribution < -0.4 is 5.32 Å². The lowest BCUT2D eigenvalue weighted by Gasteiger charge is -2.26. The van der Waals surface area contributed by atoms with Crippen molar-refractivity contribution in [3.63, 3.8) is 0 Å². The number of nitrogens with one attached hydrogen (secondary N) is 1. The maximum absolute atomic E-state index is 11.2. The predicted molar refractivity (Wildman–Crippen MR) is 50.3 cm³/mol. The molecule has 0 aromatic carbocycles. The van der Waals surface area contributed by atoms with E-state index in [1.807, 2.05) is 13.8 Å². The van der Waals surface area contributed by atoms with Gasteiger partial charge in [0.1, 0.15) is 6.61 Å². The highest BCUT2D eigenvalue weighted by Crippen LogP contribution is 2.17. The molecule has 0 atom stereocenters. The third kappa shape index (κ3) is 3.11. The van der Waals surface area contributed by atoms with Gasteiger partial charge < -0.3 is 10.1 Å². The minimum Gasteiger partial charge on any atom is -0.464 e. The fourth-order valence-electron chi connectivity index (χ4n) is 0.816. The molecule has 0 spiro atoms. The van der Waals surface area contributed by atoms with Gasteiger partial charge in [-0.3, -0.25) is 4.79 Å². The van der Waals surface area contributed by atoms with Crippen LogP contribution in [0.5, 0.6) is 0 Å². The summed E-state index contributed by atoms with van der Waals surface area (Å²) in [7, 11) is 0. The molecule has 1 aliphatic rings. The minimum atomic E-state index is -0.111. The first kappa shape index (κ1) is 9.99. The molecule has 0 amide bonds. The number of halogens is 1. The average molecular weight is 236 g/mol. The van der Waals surface area contributed by atoms with Crippen LogP contribution in [-0.2, 0) is 9.53 Å². The molecule has 12 heavy (non-hydrogen) atoms. The van der Waals surface area contributed by atoms with E-state index in [2.05, 4.69) is 21.2 Å². The molecule has 0 radical (unpaired) electrons. The van der Waals surface area contributed by atoms with E-state index in [-0.39, 0.29) is 16.2 Å². The van der Waals surface area contributed by atoms with Crippen LogP contribution in [0.15, 0.2) is 0 Å². The highest BCUT2D eigenvalue weighted by Gasteiger charge is 2.27. The maximum atomic E-state index is 11.2. The number of carbonyl (C=O) groups excluding carboxylic acids is 1. The van der Waals surface area contributed by atoms with Gasteiger partial charge in [0.25, 0.3) is 0 Å². The summed E-state index contributed by atoms with van der Waals surface area (Å²) in [5.41, 5.74) is 0. The number of hydrogen-bond acceptors (Lipinski definition) is 3. The molecule has 0 aliphatic carbocycles. The molecule has 0 saturated carbocycles. The smallest absolute Gasteiger partial charge is 0.311 e. The summed E-state index contributed by atoms with van der Waals surface area (Å²) in [6.45, 7) is 5.91. The molecule has 1 rings (SSSR count). The fourth-order valence-corrected chi connectivity index (χ4v) is 0.930. The minimum absolute atomic E-state index is 0.0822. The zero-order chi connectivity index (χ0) is 9.19. The number of alkyl halides is 1. The van der Waals surface area contributed by atoms with Crippen molar-refractivity contribution in [2.75, 3.05) is 19.7 Å². The molecule has 1 fully saturated rings. The third-order valence-corrected chi connectivity index (χ3v) is 1.90. The Kier molecular flexibility index (Phi) is 3.12. The molecule has 0 aromatic rings. The molecule has 0 unspecified atom stereocenters. The number of carbonyl (C=O) groups is 1. The fraction of sp³-hybridized carbons (Fsp3) is 0.875. The van der Waals surface area contributed by atoms with Crippen molar-refractivity contribution in [3.8, 4) is 0 Å². The molecule has 1 N–H and O–H groups in total. The molecule has 0 bridgehead atoms. The summed E-state index contributed by atoms with van der Waals surface area (Å²) in [5.74, 6) is 0.00104. The second-order valence-corrected chi connectivity index (χ2v) is 5.83. The largest absolute Gasteiger partial charge is 0.464 e. The first-order valence-electron chi connectivity index (χ1n) is 4.05. The van der Waals surface area contributed by atoms with Gasteiger partial charge in [0, 0.05) is 13.1 Å². The number of ether oxygens (including phenoxy) is 1. The molecule has 3 nitrogen and oxygen atoms in total. The Bertz CT molecular complexity index is 172. The standard InChI is InChI=1S/C8H14BrNO2/c1-8(2,9)5-12-7(11)6-3-10-4-6/h6,10H,3-5H2,1-2H3. The van der Waals surface area contributed by atoms with Crippen LogP contribution in [0.4, 0.5) is 0 Å². The van der Waals surface area contributed by atoms with Crippen molar-refractivity contribution >= 4 is 21.9 Å². The van der Waals surface area contributed by atoms with Crippen LogP contribution in [0.25, 0.3) is 0 Å². The second-order valence-electron chi connectivity index (χ2n) is 3.68. The Balaban J connectivity index is 2.18. The highest BCUT2D eigenvalue weighted by molar-refractivity contribution is 9.10. The van der Waals surface area contributed by atoms with Crippen molar-refractivity contribution in [1.29, 1.82) is 0 Å². The summed E-state index contributed by atoms with van der Waals surface area (Å²) >= 11 is 3.40. The summed E-state index contributed by atoms with van der Waals surface area (Å²) in [5, 5.41) is 3.03. The first-order chi connectivity index (χ1) is 5.49. The van der Waals surface area contributed by atoms with Gasteiger partial charge in [0.2, 0.25) is 0 Å². The Morgan fingerprint density at radius 3 is 2.58 bits per heavy atom. The number of hydrogen-bond donors (Lipinski definition) is 1. The summed E-state index contributed by atoms with van der Waals surface area (Å²) in [6, 6.07) is 0. The van der Waals surface area contributed by atoms with Crippen molar-refractivity contribution in [1.82, 2.24) is 5.32 Å². The summed E-state index contributed by atoms with van der Waals surface area (Å²) < 4.78 is 4.97. The van der Waals surface area contributed by atoms with Crippen molar-refractivity contribution in [2.24, 2.45) is 5.92 Å². The Morgan fingerprint density at radius 1 is 1.67 bits per heavy atom. The molecule has 0 aromatic heterocycles. The Labute approximate surface area is 81.0 Å². The molecular weight excluding hydrogens is 222 g/mol. The zero-order valence-corrected chi connectivity index (χ0v) is 8.98. The van der Waals surface area contributed by atoms with E-state index >= 15 is 0 Å². The SMILES string of the molecule is CC(C)(Br)COC(=O)C1CNC1. The van der Waals surface area contributed by atoms with Gasteiger partial charge in [-0.1, -0.05) is 15.9 Å². The topological polar surface area (TPSA) is 38.3 Å². The van der Waals surface area contributed by atoms with E-state index in [1.165, 1.54) is 0 Å². The van der Waals surface area contributed by atoms with Crippen LogP contribution in [0.3, 0.4) is 0 Å². The second kappa shape index (κ2) is 3.75. The van der Waals surface area contributed by atoms with Crippen molar-refractivity contribution < 1.29 is 9.53 Å². The van der Waals surface area contributed by atoms with Gasteiger partial charge in [0.15, 0.2) is 0 Å². The monoisotopic (exact) mass is 235 g/mol. The lowest BCUT2D eigenvalue weighted by molar-refractivity contribution is -0.150. The molecule has 4 heteroatoms. The number of rotatable bonds is 3. The molecular formula is C8H14BrNO2. The van der Waals surface area contributed by atoms with Crippen LogP contribution in [0, 0.1) is 5.92 Å². The maximum Gasteiger partial charge on any atom is 0.311 e. The normalized spacial score (nSPS) is 18.6. The van der Waals surface area contributed by atoms with Crippen LogP contribution in [0.2, 0.25) is 0 Å². The zero-order valence-electron chi connectivity index (χ0n) is 7.39. The molecule has 1 heterocycles. The first-order valence-corrected chi connectivity index (χ1v) is 4.84. The average Bonchev–Trinajstić information content (AvgIpc) is 1.78. The van der Waals surface area contributed by atoms with Crippen molar-refractivity contribution in [2.45, 2.75) is 18.2 Å². The van der Waals surface area contributed by atoms with E-state index in [0.29, 0.717) is 6.61 Å². The van der Waals surface area contributed by atoms with Gasteiger partial charge in [0.05, 0.1) is 10.2 Å². The van der Waals surface area contributed by atoms with Crippen LogP contribution >= 0.6 is 15.9 Å². The van der Waals surface area contributed by atoms with E-state index in [4.69, 9.17) is 4.74 Å². The highest BCUT2D eigenvalue weighted by atomic mass is 79.9. The van der Waals surface area contributed by atoms with Crippen LogP contribution in [0.1, 0.15) is 13.8 Å². The quantitative estimate of drug-likeness (QED) is 0.585. The number of esters is 1. The molecule has 1 aliphatic heterocycles. The lowest BCUT2D eigenvalue weighted by atomic mass is 10.0. The van der Waals surface area contributed by atoms with Gasteiger partial charge in [-0.2, -0.15) is 0 Å². The van der Waals surface area contributed by atoms with Gasteiger partial charge >= 0.3 is 5.97 Å². The van der Waals surface area contributed by atoms with Gasteiger partial charge in [-0.25, -0.2) is 0 Å². The van der Waals surface area contributed by atoms with Gasteiger partial charge in [-0.05, 0) is 13.8 Å². The van der Waals surface area contributed by atoms with E-state index in [0.717, 1.165) is 13.1 Å². The third-order valence-electron chi connectivity index (χ3n) is 1.67. The van der Waals surface area contributed by atoms with Crippen molar-refractivity contribution in [3.05, 3.63) is 0 Å². The van der Waals surface area contributed by atoms with E-state index in [9.17, 15) is 4.79 Å².